The molecule has 21 heavy (non-hydrogen) atoms. The van der Waals surface area contributed by atoms with Gasteiger partial charge in [-0.15, -0.1) is 0 Å². The molecule has 4 heteroatoms. The Morgan fingerprint density at radius 1 is 1.24 bits per heavy atom. The highest BCUT2D eigenvalue weighted by molar-refractivity contribution is 5.29. The van der Waals surface area contributed by atoms with Gasteiger partial charge in [-0.3, -0.25) is 0 Å². The summed E-state index contributed by atoms with van der Waals surface area (Å²) in [4.78, 5) is 0. The lowest BCUT2D eigenvalue weighted by Crippen LogP contribution is -2.27. The maximum absolute atomic E-state index is 9.71. The average molecular weight is 294 g/mol. The predicted octanol–water partition coefficient (Wildman–Crippen LogP) is 2.84. The number of rotatable bonds is 7. The Bertz CT molecular complexity index is 413. The molecule has 0 bridgehead atoms. The Morgan fingerprint density at radius 2 is 1.95 bits per heavy atom. The third-order valence-electron chi connectivity index (χ3n) is 3.67. The maximum atomic E-state index is 9.71. The van der Waals surface area contributed by atoms with Gasteiger partial charge in [-0.2, -0.15) is 0 Å². The van der Waals surface area contributed by atoms with E-state index in [1.54, 1.807) is 0 Å². The molecule has 0 spiro atoms. The van der Waals surface area contributed by atoms with Crippen LogP contribution in [0.5, 0.6) is 0 Å². The number of ether oxygens (including phenoxy) is 3. The zero-order chi connectivity index (χ0) is 15.1. The van der Waals surface area contributed by atoms with Crippen LogP contribution >= 0.6 is 0 Å². The zero-order valence-corrected chi connectivity index (χ0v) is 13.0. The summed E-state index contributed by atoms with van der Waals surface area (Å²) < 4.78 is 17.1. The molecular formula is C17H26O4. The molecule has 4 nitrogen and oxygen atoms in total. The van der Waals surface area contributed by atoms with Crippen LogP contribution in [0.2, 0.25) is 0 Å². The molecule has 1 saturated heterocycles. The van der Waals surface area contributed by atoms with Crippen LogP contribution in [-0.2, 0) is 20.8 Å². The van der Waals surface area contributed by atoms with E-state index in [1.165, 1.54) is 0 Å². The molecule has 0 radical (unpaired) electrons. The second kappa shape index (κ2) is 8.49. The van der Waals surface area contributed by atoms with Gasteiger partial charge in [0.25, 0.3) is 0 Å². The quantitative estimate of drug-likeness (QED) is 0.840. The lowest BCUT2D eigenvalue weighted by atomic mass is 10.0. The molecule has 0 unspecified atom stereocenters. The number of benzene rings is 1. The molecule has 2 rings (SSSR count). The molecule has 1 aliphatic heterocycles. The Hall–Kier alpha value is -0.940. The Morgan fingerprint density at radius 3 is 2.62 bits per heavy atom. The van der Waals surface area contributed by atoms with E-state index in [2.05, 4.69) is 0 Å². The highest BCUT2D eigenvalue weighted by Gasteiger charge is 2.22. The van der Waals surface area contributed by atoms with Crippen LogP contribution in [0.25, 0.3) is 0 Å². The molecule has 1 N–H and O–H groups in total. The first-order chi connectivity index (χ1) is 10.2. The second-order valence-electron chi connectivity index (χ2n) is 5.68. The van der Waals surface area contributed by atoms with Crippen molar-refractivity contribution in [3.8, 4) is 0 Å². The summed E-state index contributed by atoms with van der Waals surface area (Å²) >= 11 is 0. The summed E-state index contributed by atoms with van der Waals surface area (Å²) in [7, 11) is 0. The van der Waals surface area contributed by atoms with Gasteiger partial charge in [-0.25, -0.2) is 0 Å². The fraction of sp³-hybridized carbons (Fsp3) is 0.647. The van der Waals surface area contributed by atoms with E-state index in [0.717, 1.165) is 37.2 Å². The summed E-state index contributed by atoms with van der Waals surface area (Å²) in [6, 6.07) is 8.02. The zero-order valence-electron chi connectivity index (χ0n) is 13.0. The minimum absolute atomic E-state index is 0.0178. The van der Waals surface area contributed by atoms with Crippen LogP contribution in [0.3, 0.4) is 0 Å². The Labute approximate surface area is 127 Å². The number of hydrogen-bond donors (Lipinski definition) is 1. The molecule has 0 saturated carbocycles. The van der Waals surface area contributed by atoms with Crippen molar-refractivity contribution in [3.05, 3.63) is 35.4 Å². The summed E-state index contributed by atoms with van der Waals surface area (Å²) in [5.74, 6) is 0. The van der Waals surface area contributed by atoms with Crippen molar-refractivity contribution < 1.29 is 19.3 Å². The summed E-state index contributed by atoms with van der Waals surface area (Å²) in [5, 5.41) is 9.71. The molecule has 1 fully saturated rings. The van der Waals surface area contributed by atoms with Crippen molar-refractivity contribution in [2.45, 2.75) is 51.6 Å². The molecule has 118 valence electrons. The SMILES string of the molecule is CC(C)OCc1ccccc1[C@H](CO)OC1CCOCC1. The summed E-state index contributed by atoms with van der Waals surface area (Å²) in [6.45, 7) is 6.04. The van der Waals surface area contributed by atoms with Gasteiger partial charge in [0.2, 0.25) is 0 Å². The van der Waals surface area contributed by atoms with Crippen LogP contribution in [0.1, 0.15) is 43.9 Å². The van der Waals surface area contributed by atoms with Crippen LogP contribution in [0.4, 0.5) is 0 Å². The van der Waals surface area contributed by atoms with E-state index in [-0.39, 0.29) is 24.9 Å². The standard InChI is InChI=1S/C17H26O4/c1-13(2)20-12-14-5-3-4-6-16(14)17(11-18)21-15-7-9-19-10-8-15/h3-6,13,15,17-18H,7-12H2,1-2H3/t17-/m0/s1. The molecule has 0 aliphatic carbocycles. The maximum Gasteiger partial charge on any atom is 0.106 e. The third kappa shape index (κ3) is 5.08. The predicted molar refractivity (Wildman–Crippen MR) is 81.1 cm³/mol. The topological polar surface area (TPSA) is 47.9 Å². The summed E-state index contributed by atoms with van der Waals surface area (Å²) in [5.41, 5.74) is 2.10. The summed E-state index contributed by atoms with van der Waals surface area (Å²) in [6.07, 6.45) is 1.83. The van der Waals surface area contributed by atoms with Gasteiger partial charge in [0, 0.05) is 13.2 Å². The Kier molecular flexibility index (Phi) is 6.64. The normalized spacial score (nSPS) is 18.1. The monoisotopic (exact) mass is 294 g/mol. The van der Waals surface area contributed by atoms with Crippen LogP contribution in [0.15, 0.2) is 24.3 Å². The van der Waals surface area contributed by atoms with Crippen LogP contribution in [-0.4, -0.2) is 37.1 Å². The Balaban J connectivity index is 2.05. The van der Waals surface area contributed by atoms with Crippen molar-refractivity contribution in [1.82, 2.24) is 0 Å². The van der Waals surface area contributed by atoms with Crippen molar-refractivity contribution in [2.75, 3.05) is 19.8 Å². The molecule has 1 aromatic rings. The lowest BCUT2D eigenvalue weighted by Gasteiger charge is -2.28. The minimum Gasteiger partial charge on any atom is -0.393 e. The van der Waals surface area contributed by atoms with Gasteiger partial charge in [0.15, 0.2) is 0 Å². The third-order valence-corrected chi connectivity index (χ3v) is 3.67. The highest BCUT2D eigenvalue weighted by atomic mass is 16.5. The van der Waals surface area contributed by atoms with Gasteiger partial charge >= 0.3 is 0 Å². The number of hydrogen-bond acceptors (Lipinski definition) is 4. The first kappa shape index (κ1) is 16.4. The van der Waals surface area contributed by atoms with Gasteiger partial charge in [0.05, 0.1) is 25.4 Å². The van der Waals surface area contributed by atoms with Gasteiger partial charge in [-0.1, -0.05) is 24.3 Å². The average Bonchev–Trinajstić information content (AvgIpc) is 2.52. The first-order valence-corrected chi connectivity index (χ1v) is 7.74. The van der Waals surface area contributed by atoms with Crippen LogP contribution < -0.4 is 0 Å². The number of aliphatic hydroxyl groups excluding tert-OH is 1. The molecule has 0 aromatic heterocycles. The fourth-order valence-electron chi connectivity index (χ4n) is 2.50. The molecule has 0 amide bonds. The van der Waals surface area contributed by atoms with E-state index < -0.39 is 0 Å². The van der Waals surface area contributed by atoms with Crippen molar-refractivity contribution >= 4 is 0 Å². The molecule has 1 aromatic carbocycles. The van der Waals surface area contributed by atoms with Gasteiger partial charge < -0.3 is 19.3 Å². The molecule has 1 heterocycles. The number of aliphatic hydroxyl groups is 1. The first-order valence-electron chi connectivity index (χ1n) is 7.74. The van der Waals surface area contributed by atoms with Crippen molar-refractivity contribution in [3.63, 3.8) is 0 Å². The molecule has 1 atom stereocenters. The molecular weight excluding hydrogens is 268 g/mol. The lowest BCUT2D eigenvalue weighted by molar-refractivity contribution is -0.0855. The van der Waals surface area contributed by atoms with Crippen LogP contribution in [0, 0.1) is 0 Å². The van der Waals surface area contributed by atoms with E-state index in [0.29, 0.717) is 6.61 Å². The van der Waals surface area contributed by atoms with Crippen molar-refractivity contribution in [2.24, 2.45) is 0 Å². The highest BCUT2D eigenvalue weighted by Crippen LogP contribution is 2.26. The molecule has 1 aliphatic rings. The van der Waals surface area contributed by atoms with E-state index in [9.17, 15) is 5.11 Å². The smallest absolute Gasteiger partial charge is 0.106 e. The van der Waals surface area contributed by atoms with Gasteiger partial charge in [0.1, 0.15) is 6.10 Å². The largest absolute Gasteiger partial charge is 0.393 e. The van der Waals surface area contributed by atoms with E-state index in [1.807, 2.05) is 38.1 Å². The van der Waals surface area contributed by atoms with E-state index >= 15 is 0 Å². The second-order valence-corrected chi connectivity index (χ2v) is 5.68. The van der Waals surface area contributed by atoms with Gasteiger partial charge in [-0.05, 0) is 37.8 Å². The van der Waals surface area contributed by atoms with Crippen molar-refractivity contribution in [1.29, 1.82) is 0 Å². The fourth-order valence-corrected chi connectivity index (χ4v) is 2.50. The minimum atomic E-state index is -0.292. The van der Waals surface area contributed by atoms with E-state index in [4.69, 9.17) is 14.2 Å².